The number of halogens is 2. The number of fused-ring (bicyclic) bond motifs is 4. The fourth-order valence-electron chi connectivity index (χ4n) is 9.11. The normalized spacial score (nSPS) is 25.8. The average Bonchev–Trinajstić information content (AvgIpc) is 3.56. The van der Waals surface area contributed by atoms with Gasteiger partial charge >= 0.3 is 0 Å². The Morgan fingerprint density at radius 2 is 1.56 bits per heavy atom. The summed E-state index contributed by atoms with van der Waals surface area (Å²) in [4.78, 5) is 59.7. The molecular weight excluding hydrogens is 725 g/mol. The number of carbonyl (C=O) groups excluding carboxylic acids is 4. The van der Waals surface area contributed by atoms with Crippen molar-refractivity contribution in [2.75, 3.05) is 19.6 Å². The summed E-state index contributed by atoms with van der Waals surface area (Å²) in [6, 6.07) is 24.7. The second kappa shape index (κ2) is 14.0. The summed E-state index contributed by atoms with van der Waals surface area (Å²) in [5.74, 6) is -5.64. The van der Waals surface area contributed by atoms with Crippen LogP contribution < -0.4 is 14.9 Å². The topological polar surface area (TPSA) is 125 Å². The van der Waals surface area contributed by atoms with Crippen LogP contribution in [0.1, 0.15) is 29.5 Å². The van der Waals surface area contributed by atoms with Crippen molar-refractivity contribution >= 4 is 47.0 Å². The van der Waals surface area contributed by atoms with Gasteiger partial charge in [-0.15, -0.1) is 0 Å². The molecule has 0 spiro atoms. The summed E-state index contributed by atoms with van der Waals surface area (Å²) in [6.45, 7) is 0.131. The van der Waals surface area contributed by atoms with Crippen molar-refractivity contribution < 1.29 is 38.1 Å². The minimum absolute atomic E-state index is 0.116. The molecule has 55 heavy (non-hydrogen) atoms. The number of phenols is 1. The molecule has 8 rings (SSSR count). The van der Waals surface area contributed by atoms with Gasteiger partial charge in [-0.3, -0.25) is 29.5 Å². The fourth-order valence-corrected chi connectivity index (χ4v) is 9.23. The molecular formula is C43H37ClFN3O7. The highest BCUT2D eigenvalue weighted by Gasteiger charge is 2.69. The predicted molar refractivity (Wildman–Crippen MR) is 202 cm³/mol. The van der Waals surface area contributed by atoms with E-state index in [1.165, 1.54) is 43.4 Å². The van der Waals surface area contributed by atoms with Crippen molar-refractivity contribution in [1.82, 2.24) is 9.91 Å². The van der Waals surface area contributed by atoms with Crippen molar-refractivity contribution in [2.45, 2.75) is 24.8 Å². The van der Waals surface area contributed by atoms with Crippen LogP contribution in [0, 0.1) is 35.4 Å². The van der Waals surface area contributed by atoms with Gasteiger partial charge in [0.05, 0.1) is 49.6 Å². The van der Waals surface area contributed by atoms with E-state index in [0.29, 0.717) is 21.8 Å². The van der Waals surface area contributed by atoms with Crippen LogP contribution >= 0.6 is 11.6 Å². The minimum Gasteiger partial charge on any atom is -0.502 e. The van der Waals surface area contributed by atoms with Gasteiger partial charge in [0.15, 0.2) is 11.5 Å². The van der Waals surface area contributed by atoms with E-state index in [-0.39, 0.29) is 48.4 Å². The molecule has 2 saturated heterocycles. The molecule has 4 amide bonds. The Bertz CT molecular complexity index is 2240. The number of allylic oxidation sites excluding steroid dienone is 3. The maximum atomic E-state index is 15.2. The molecule has 4 aromatic carbocycles. The Hall–Kier alpha value is -5.94. The molecule has 2 aliphatic heterocycles. The summed E-state index contributed by atoms with van der Waals surface area (Å²) in [5.41, 5.74) is 4.45. The van der Waals surface area contributed by atoms with Crippen molar-refractivity contribution in [3.05, 3.63) is 136 Å². The lowest BCUT2D eigenvalue weighted by atomic mass is 9.50. The Kier molecular flexibility index (Phi) is 9.21. The third-order valence-corrected chi connectivity index (χ3v) is 11.8. The number of imide groups is 2. The van der Waals surface area contributed by atoms with Gasteiger partial charge in [-0.2, -0.15) is 5.01 Å². The lowest BCUT2D eigenvalue weighted by Crippen LogP contribution is -2.54. The molecule has 2 heterocycles. The van der Waals surface area contributed by atoms with Gasteiger partial charge in [-0.25, -0.2) is 4.39 Å². The van der Waals surface area contributed by atoms with E-state index < -0.39 is 52.6 Å². The Labute approximate surface area is 321 Å². The second-order valence-corrected chi connectivity index (χ2v) is 14.7. The maximum Gasteiger partial charge on any atom is 0.260 e. The molecule has 0 radical (unpaired) electrons. The third-order valence-electron chi connectivity index (χ3n) is 11.6. The van der Waals surface area contributed by atoms with Gasteiger partial charge in [0.2, 0.25) is 17.6 Å². The number of hydrazine groups is 1. The zero-order chi connectivity index (χ0) is 38.6. The van der Waals surface area contributed by atoms with Gasteiger partial charge < -0.3 is 14.6 Å². The standard InChI is InChI=1S/C43H37ClFN3O7/c1-54-35-20-25(21-36(55-2)38(35)49)8-19-33-30-17-18-31-37(41(52)47(39(31)50)23-24-6-4-3-5-7-24)32(30)22-34-40(51)48(46-29-15-13-28(45)14-16-29)42(53)43(33,34)26-9-11-27(44)12-10-26/h3-17,19-21,31-34,37,46,49H,18,22-23H2,1-2H3/t31-,32+,33-,34-,37-,43-/m0/s1. The van der Waals surface area contributed by atoms with Gasteiger partial charge in [-0.05, 0) is 84.0 Å². The van der Waals surface area contributed by atoms with E-state index in [9.17, 15) is 23.9 Å². The number of aromatic hydroxyl groups is 1. The molecule has 0 aromatic heterocycles. The van der Waals surface area contributed by atoms with E-state index >= 15 is 4.79 Å². The Morgan fingerprint density at radius 3 is 2.22 bits per heavy atom. The highest BCUT2D eigenvalue weighted by atomic mass is 35.5. The molecule has 6 atom stereocenters. The number of carbonyl (C=O) groups is 4. The maximum absolute atomic E-state index is 15.2. The van der Waals surface area contributed by atoms with Crippen LogP contribution in [-0.4, -0.2) is 52.9 Å². The molecule has 3 fully saturated rings. The van der Waals surface area contributed by atoms with Gasteiger partial charge in [-0.1, -0.05) is 77.9 Å². The molecule has 0 bridgehead atoms. The predicted octanol–water partition coefficient (Wildman–Crippen LogP) is 6.93. The van der Waals surface area contributed by atoms with Gasteiger partial charge in [0.1, 0.15) is 5.82 Å². The number of benzene rings is 4. The van der Waals surface area contributed by atoms with E-state index in [2.05, 4.69) is 5.43 Å². The number of nitrogens with zero attached hydrogens (tertiary/aromatic N) is 2. The third kappa shape index (κ3) is 5.85. The second-order valence-electron chi connectivity index (χ2n) is 14.3. The zero-order valence-corrected chi connectivity index (χ0v) is 30.7. The summed E-state index contributed by atoms with van der Waals surface area (Å²) in [6.07, 6.45) is 5.98. The number of methoxy groups -OCH3 is 2. The van der Waals surface area contributed by atoms with Crippen LogP contribution in [0.15, 0.2) is 109 Å². The largest absolute Gasteiger partial charge is 0.502 e. The van der Waals surface area contributed by atoms with Gasteiger partial charge in [0.25, 0.3) is 11.8 Å². The number of likely N-dealkylation sites (tertiary alicyclic amines) is 1. The zero-order valence-electron chi connectivity index (χ0n) is 29.9. The van der Waals surface area contributed by atoms with Crippen molar-refractivity contribution in [3.63, 3.8) is 0 Å². The van der Waals surface area contributed by atoms with Gasteiger partial charge in [0, 0.05) is 10.9 Å². The number of ether oxygens (including phenoxy) is 2. The molecule has 0 unspecified atom stereocenters. The van der Waals surface area contributed by atoms with Crippen LogP contribution in [0.5, 0.6) is 17.2 Å². The summed E-state index contributed by atoms with van der Waals surface area (Å²) in [7, 11) is 2.84. The number of nitrogens with one attached hydrogen (secondary N) is 1. The quantitative estimate of drug-likeness (QED) is 0.139. The number of rotatable bonds is 9. The number of hydrogen-bond donors (Lipinski definition) is 2. The summed E-state index contributed by atoms with van der Waals surface area (Å²) >= 11 is 6.38. The van der Waals surface area contributed by atoms with E-state index in [0.717, 1.165) is 16.1 Å². The molecule has 1 saturated carbocycles. The molecule has 4 aromatic rings. The van der Waals surface area contributed by atoms with Crippen LogP contribution in [0.4, 0.5) is 10.1 Å². The molecule has 10 nitrogen and oxygen atoms in total. The number of phenolic OH excluding ortho intramolecular Hbond substituents is 1. The number of anilines is 1. The summed E-state index contributed by atoms with van der Waals surface area (Å²) in [5, 5.41) is 12.1. The lowest BCUT2D eigenvalue weighted by Gasteiger charge is -2.49. The van der Waals surface area contributed by atoms with Crippen LogP contribution in [0.25, 0.3) is 6.08 Å². The van der Waals surface area contributed by atoms with E-state index in [1.54, 1.807) is 42.5 Å². The first-order valence-electron chi connectivity index (χ1n) is 18.0. The number of hydrogen-bond acceptors (Lipinski definition) is 8. The Morgan fingerprint density at radius 1 is 0.891 bits per heavy atom. The minimum atomic E-state index is -1.53. The Balaban J connectivity index is 1.29. The van der Waals surface area contributed by atoms with Crippen molar-refractivity contribution in [3.8, 4) is 17.2 Å². The highest BCUT2D eigenvalue weighted by molar-refractivity contribution is 6.30. The van der Waals surface area contributed by atoms with Crippen molar-refractivity contribution in [2.24, 2.45) is 29.6 Å². The first kappa shape index (κ1) is 36.1. The molecule has 280 valence electrons. The van der Waals surface area contributed by atoms with Crippen LogP contribution in [-0.2, 0) is 31.1 Å². The molecule has 4 aliphatic rings. The number of amides is 4. The SMILES string of the molecule is COc1cc(C=C[C@H]2C3=CC[C@@H]4C(=O)N(Cc5ccccc5)C(=O)[C@@H]4[C@@H]3C[C@H]3C(=O)N(Nc4ccc(F)cc4)C(=O)[C@@]23c2ccc(Cl)cc2)cc(OC)c1O. The summed E-state index contributed by atoms with van der Waals surface area (Å²) < 4.78 is 24.7. The first-order valence-corrected chi connectivity index (χ1v) is 18.3. The highest BCUT2D eigenvalue weighted by Crippen LogP contribution is 2.61. The van der Waals surface area contributed by atoms with E-state index in [1.807, 2.05) is 42.5 Å². The van der Waals surface area contributed by atoms with Crippen molar-refractivity contribution in [1.29, 1.82) is 0 Å². The molecule has 12 heteroatoms. The molecule has 2 aliphatic carbocycles. The van der Waals surface area contributed by atoms with Crippen LogP contribution in [0.3, 0.4) is 0 Å². The van der Waals surface area contributed by atoms with Crippen LogP contribution in [0.2, 0.25) is 5.02 Å². The monoisotopic (exact) mass is 761 g/mol. The smallest absolute Gasteiger partial charge is 0.260 e. The van der Waals surface area contributed by atoms with E-state index in [4.69, 9.17) is 21.1 Å². The lowest BCUT2D eigenvalue weighted by molar-refractivity contribution is -0.142. The first-order chi connectivity index (χ1) is 26.6. The fraction of sp³-hybridized carbons (Fsp3) is 0.256. The molecule has 2 N–H and O–H groups in total. The average molecular weight is 762 g/mol.